The lowest BCUT2D eigenvalue weighted by atomic mass is 10.1. The van der Waals surface area contributed by atoms with Gasteiger partial charge in [-0.05, 0) is 41.8 Å². The monoisotopic (exact) mass is 394 g/mol. The van der Waals surface area contributed by atoms with Gasteiger partial charge >= 0.3 is 10.2 Å². The largest absolute Gasteiger partial charge is 0.506 e. The van der Waals surface area contributed by atoms with Crippen molar-refractivity contribution in [3.63, 3.8) is 0 Å². The first kappa shape index (κ1) is 17.8. The number of amides is 1. The topological polar surface area (TPSA) is 95.9 Å². The maximum absolute atomic E-state index is 15.1. The van der Waals surface area contributed by atoms with Crippen LogP contribution >= 0.6 is 0 Å². The molecule has 0 radical (unpaired) electrons. The van der Waals surface area contributed by atoms with E-state index in [0.717, 1.165) is 12.8 Å². The summed E-state index contributed by atoms with van der Waals surface area (Å²) in [5.74, 6) is -0.612. The molecule has 2 aromatic rings. The minimum absolute atomic E-state index is 0.109. The van der Waals surface area contributed by atoms with Crippen LogP contribution in [0.15, 0.2) is 24.3 Å². The molecule has 1 aliphatic carbocycles. The van der Waals surface area contributed by atoms with E-state index in [4.69, 9.17) is 4.74 Å². The molecule has 2 atom stereocenters. The number of nitrogens with zero attached hydrogens (tertiary/aromatic N) is 1. The number of phenolic OH excluding ortho intramolecular Hbond substituents is 1. The first-order valence-electron chi connectivity index (χ1n) is 8.71. The lowest BCUT2D eigenvalue weighted by molar-refractivity contribution is -0.117. The van der Waals surface area contributed by atoms with Crippen molar-refractivity contribution >= 4 is 32.6 Å². The third-order valence-corrected chi connectivity index (χ3v) is 6.51. The molecule has 27 heavy (non-hydrogen) atoms. The van der Waals surface area contributed by atoms with Crippen LogP contribution in [-0.2, 0) is 15.0 Å². The predicted octanol–water partition coefficient (Wildman–Crippen LogP) is 2.29. The van der Waals surface area contributed by atoms with Gasteiger partial charge in [-0.2, -0.15) is 8.42 Å². The van der Waals surface area contributed by atoms with Gasteiger partial charge in [0.15, 0.2) is 5.82 Å². The molecule has 1 amide bonds. The van der Waals surface area contributed by atoms with E-state index in [0.29, 0.717) is 33.9 Å². The van der Waals surface area contributed by atoms with Crippen molar-refractivity contribution in [3.05, 3.63) is 30.1 Å². The Hall–Kier alpha value is -2.55. The average molecular weight is 394 g/mol. The molecule has 2 N–H and O–H groups in total. The normalized spacial score (nSPS) is 23.5. The Balaban J connectivity index is 1.70. The van der Waals surface area contributed by atoms with Crippen molar-refractivity contribution in [2.45, 2.75) is 19.8 Å². The molecule has 144 valence electrons. The van der Waals surface area contributed by atoms with E-state index in [1.807, 2.05) is 0 Å². The molecule has 2 fully saturated rings. The van der Waals surface area contributed by atoms with Crippen LogP contribution in [0.25, 0.3) is 10.8 Å². The van der Waals surface area contributed by atoms with Crippen molar-refractivity contribution < 1.29 is 27.4 Å². The van der Waals surface area contributed by atoms with Gasteiger partial charge in [0, 0.05) is 5.39 Å². The van der Waals surface area contributed by atoms with Gasteiger partial charge in [-0.3, -0.25) is 4.79 Å². The molecule has 0 aromatic heterocycles. The number of ether oxygens (including phenoxy) is 1. The van der Waals surface area contributed by atoms with Crippen molar-refractivity contribution in [2.75, 3.05) is 17.5 Å². The molecule has 1 aliphatic heterocycles. The predicted molar refractivity (Wildman–Crippen MR) is 97.4 cm³/mol. The van der Waals surface area contributed by atoms with Gasteiger partial charge in [0.25, 0.3) is 5.91 Å². The number of carbonyl (C=O) groups is 1. The van der Waals surface area contributed by atoms with Crippen LogP contribution in [0.5, 0.6) is 11.5 Å². The molecule has 4 rings (SSSR count). The molecule has 9 heteroatoms. The maximum atomic E-state index is 15.1. The summed E-state index contributed by atoms with van der Waals surface area (Å²) >= 11 is 0. The number of phenols is 1. The summed E-state index contributed by atoms with van der Waals surface area (Å²) in [6, 6.07) is 6.03. The Morgan fingerprint density at radius 3 is 2.74 bits per heavy atom. The Morgan fingerprint density at radius 2 is 2.11 bits per heavy atom. The highest BCUT2D eigenvalue weighted by Gasteiger charge is 2.38. The van der Waals surface area contributed by atoms with Crippen molar-refractivity contribution in [1.29, 1.82) is 0 Å². The van der Waals surface area contributed by atoms with E-state index in [1.165, 1.54) is 12.1 Å². The number of hydrogen-bond donors (Lipinski definition) is 2. The second kappa shape index (κ2) is 6.26. The quantitative estimate of drug-likeness (QED) is 0.811. The van der Waals surface area contributed by atoms with Crippen LogP contribution in [-0.4, -0.2) is 32.6 Å². The summed E-state index contributed by atoms with van der Waals surface area (Å²) < 4.78 is 47.2. The van der Waals surface area contributed by atoms with Gasteiger partial charge in [-0.25, -0.2) is 13.4 Å². The van der Waals surface area contributed by atoms with Gasteiger partial charge in [0.1, 0.15) is 23.7 Å². The fourth-order valence-corrected chi connectivity index (χ4v) is 4.66. The minimum atomic E-state index is -4.23. The van der Waals surface area contributed by atoms with Gasteiger partial charge in [-0.1, -0.05) is 19.4 Å². The first-order valence-corrected chi connectivity index (χ1v) is 10.2. The molecule has 2 aromatic carbocycles. The number of nitrogens with one attached hydrogen (secondary N) is 1. The summed E-state index contributed by atoms with van der Waals surface area (Å²) in [5.41, 5.74) is -0.550. The van der Waals surface area contributed by atoms with Gasteiger partial charge in [0.2, 0.25) is 0 Å². The number of benzene rings is 2. The highest BCUT2D eigenvalue weighted by atomic mass is 32.2. The van der Waals surface area contributed by atoms with Crippen LogP contribution in [0.4, 0.5) is 10.1 Å². The highest BCUT2D eigenvalue weighted by Crippen LogP contribution is 2.42. The van der Waals surface area contributed by atoms with E-state index in [-0.39, 0.29) is 5.39 Å². The van der Waals surface area contributed by atoms with Crippen LogP contribution in [0.2, 0.25) is 0 Å². The molecule has 7 nitrogen and oxygen atoms in total. The van der Waals surface area contributed by atoms with Crippen molar-refractivity contribution in [2.24, 2.45) is 11.8 Å². The van der Waals surface area contributed by atoms with Crippen LogP contribution in [0.1, 0.15) is 19.8 Å². The van der Waals surface area contributed by atoms with E-state index in [2.05, 4.69) is 6.92 Å². The summed E-state index contributed by atoms with van der Waals surface area (Å²) in [4.78, 5) is 11.4. The smallest absolute Gasteiger partial charge is 0.326 e. The fourth-order valence-electron chi connectivity index (χ4n) is 3.50. The zero-order valence-corrected chi connectivity index (χ0v) is 15.4. The third kappa shape index (κ3) is 3.16. The molecule has 1 saturated heterocycles. The minimum Gasteiger partial charge on any atom is -0.506 e. The Morgan fingerprint density at radius 1 is 1.33 bits per heavy atom. The number of halogens is 1. The van der Waals surface area contributed by atoms with E-state index < -0.39 is 39.9 Å². The average Bonchev–Trinajstić information content (AvgIpc) is 3.31. The summed E-state index contributed by atoms with van der Waals surface area (Å²) in [5, 5.41) is 10.7. The van der Waals surface area contributed by atoms with Crippen LogP contribution in [0.3, 0.4) is 0 Å². The fraction of sp³-hybridized carbons (Fsp3) is 0.389. The number of anilines is 1. The van der Waals surface area contributed by atoms with Crippen LogP contribution in [0, 0.1) is 17.7 Å². The maximum Gasteiger partial charge on any atom is 0.326 e. The molecular weight excluding hydrogens is 375 g/mol. The Kier molecular flexibility index (Phi) is 4.14. The van der Waals surface area contributed by atoms with E-state index >= 15 is 4.39 Å². The summed E-state index contributed by atoms with van der Waals surface area (Å²) in [6.45, 7) is 2.10. The lowest BCUT2D eigenvalue weighted by Gasteiger charge is -2.18. The SMILES string of the molecule is CCC1CC1COc1ccc2cc(O)c(N3CC(=O)NS3(=O)=O)c(F)c2c1. The lowest BCUT2D eigenvalue weighted by Crippen LogP contribution is -2.30. The molecule has 0 bridgehead atoms. The molecule has 2 aliphatic rings. The molecule has 0 spiro atoms. The molecule has 2 unspecified atom stereocenters. The van der Waals surface area contributed by atoms with Crippen LogP contribution < -0.4 is 13.8 Å². The second-order valence-electron chi connectivity index (χ2n) is 6.95. The zero-order valence-electron chi connectivity index (χ0n) is 14.6. The summed E-state index contributed by atoms with van der Waals surface area (Å²) in [6.07, 6.45) is 2.24. The van der Waals surface area contributed by atoms with Gasteiger partial charge in [0.05, 0.1) is 6.61 Å². The number of fused-ring (bicyclic) bond motifs is 1. The Bertz CT molecular complexity index is 1040. The van der Waals surface area contributed by atoms with E-state index in [1.54, 1.807) is 16.9 Å². The summed E-state index contributed by atoms with van der Waals surface area (Å²) in [7, 11) is -4.23. The molecule has 1 saturated carbocycles. The van der Waals surface area contributed by atoms with Crippen molar-refractivity contribution in [1.82, 2.24) is 4.72 Å². The zero-order chi connectivity index (χ0) is 19.3. The molecule has 1 heterocycles. The van der Waals surface area contributed by atoms with Crippen molar-refractivity contribution in [3.8, 4) is 11.5 Å². The van der Waals surface area contributed by atoms with Gasteiger partial charge in [-0.15, -0.1) is 0 Å². The standard InChI is InChI=1S/C18H19FN2O5S/c1-2-10-5-12(10)9-26-13-4-3-11-6-15(22)18(17(19)14(11)7-13)21-8-16(23)20-27(21,24)25/h3-4,6-7,10,12,22H,2,5,8-9H2,1H3,(H,20,23). The highest BCUT2D eigenvalue weighted by molar-refractivity contribution is 7.92. The molecular formula is C18H19FN2O5S. The second-order valence-corrected chi connectivity index (χ2v) is 8.55. The number of hydrogen-bond acceptors (Lipinski definition) is 5. The third-order valence-electron chi connectivity index (χ3n) is 5.13. The Labute approximate surface area is 155 Å². The number of carbonyl (C=O) groups excluding carboxylic acids is 1. The number of rotatable bonds is 5. The van der Waals surface area contributed by atoms with Gasteiger partial charge < -0.3 is 9.84 Å². The first-order chi connectivity index (χ1) is 12.8. The number of aromatic hydroxyl groups is 1. The van der Waals surface area contributed by atoms with E-state index in [9.17, 15) is 18.3 Å².